The topological polar surface area (TPSA) is 67.5 Å². The molecule has 0 unspecified atom stereocenters. The number of unbranched alkanes of at least 4 members (excludes halogenated alkanes) is 7. The summed E-state index contributed by atoms with van der Waals surface area (Å²) in [5.41, 5.74) is 0. The van der Waals surface area contributed by atoms with Gasteiger partial charge in [0.1, 0.15) is 5.76 Å². The van der Waals surface area contributed by atoms with Crippen molar-refractivity contribution in [1.29, 1.82) is 0 Å². The molecule has 0 atom stereocenters. The molecule has 1 heterocycles. The highest BCUT2D eigenvalue weighted by molar-refractivity contribution is 7.85. The van der Waals surface area contributed by atoms with Gasteiger partial charge in [0.25, 0.3) is 10.1 Å². The van der Waals surface area contributed by atoms with E-state index in [9.17, 15) is 8.42 Å². The smallest absolute Gasteiger partial charge is 0.264 e. The lowest BCUT2D eigenvalue weighted by Gasteiger charge is -2.01. The van der Waals surface area contributed by atoms with Gasteiger partial charge in [-0.05, 0) is 25.0 Å². The average molecular weight is 288 g/mol. The maximum Gasteiger partial charge on any atom is 0.264 e. The minimum Gasteiger partial charge on any atom is -0.469 e. The molecule has 1 N–H and O–H groups in total. The lowest BCUT2D eigenvalue weighted by molar-refractivity contribution is 0.477. The zero-order chi connectivity index (χ0) is 14.0. The summed E-state index contributed by atoms with van der Waals surface area (Å²) < 4.78 is 34.8. The summed E-state index contributed by atoms with van der Waals surface area (Å²) >= 11 is 0. The zero-order valence-electron chi connectivity index (χ0n) is 11.4. The molecule has 1 aromatic heterocycles. The zero-order valence-corrected chi connectivity index (χ0v) is 12.2. The van der Waals surface area contributed by atoms with Gasteiger partial charge >= 0.3 is 0 Å². The third kappa shape index (κ3) is 9.73. The quantitative estimate of drug-likeness (QED) is 0.496. The summed E-state index contributed by atoms with van der Waals surface area (Å²) in [6, 6.07) is 3.93. The van der Waals surface area contributed by atoms with E-state index in [1.165, 1.54) is 19.3 Å². The van der Waals surface area contributed by atoms with Crippen molar-refractivity contribution in [2.75, 3.05) is 5.75 Å². The van der Waals surface area contributed by atoms with E-state index in [0.29, 0.717) is 6.42 Å². The first-order valence-electron chi connectivity index (χ1n) is 7.05. The van der Waals surface area contributed by atoms with E-state index in [0.717, 1.165) is 37.9 Å². The predicted octanol–water partition coefficient (Wildman–Crippen LogP) is 3.83. The highest BCUT2D eigenvalue weighted by Crippen LogP contribution is 2.11. The maximum atomic E-state index is 10.5. The van der Waals surface area contributed by atoms with Crippen LogP contribution < -0.4 is 0 Å². The molecule has 0 bridgehead atoms. The highest BCUT2D eigenvalue weighted by atomic mass is 32.2. The summed E-state index contributed by atoms with van der Waals surface area (Å²) in [5.74, 6) is 0.959. The van der Waals surface area contributed by atoms with Crippen LogP contribution >= 0.6 is 0 Å². The Morgan fingerprint density at radius 3 is 2.05 bits per heavy atom. The van der Waals surface area contributed by atoms with E-state index >= 15 is 0 Å². The molecular weight excluding hydrogens is 264 g/mol. The van der Waals surface area contributed by atoms with Crippen molar-refractivity contribution in [3.63, 3.8) is 0 Å². The number of rotatable bonds is 11. The molecule has 0 aliphatic carbocycles. The fourth-order valence-electron chi connectivity index (χ4n) is 2.10. The minimum absolute atomic E-state index is 0.101. The Labute approximate surface area is 116 Å². The van der Waals surface area contributed by atoms with Crippen LogP contribution in [-0.4, -0.2) is 18.7 Å². The predicted molar refractivity (Wildman–Crippen MR) is 75.8 cm³/mol. The van der Waals surface area contributed by atoms with Crippen molar-refractivity contribution in [1.82, 2.24) is 0 Å². The minimum atomic E-state index is -3.76. The lowest BCUT2D eigenvalue weighted by Crippen LogP contribution is -2.03. The summed E-state index contributed by atoms with van der Waals surface area (Å²) in [6.07, 6.45) is 11.2. The Kier molecular flexibility index (Phi) is 7.82. The summed E-state index contributed by atoms with van der Waals surface area (Å²) in [4.78, 5) is 0. The first kappa shape index (κ1) is 16.2. The van der Waals surface area contributed by atoms with Gasteiger partial charge in [-0.3, -0.25) is 4.55 Å². The summed E-state index contributed by atoms with van der Waals surface area (Å²) in [7, 11) is -3.76. The molecule has 0 aliphatic heterocycles. The number of furan rings is 1. The second-order valence-electron chi connectivity index (χ2n) is 4.94. The normalized spacial score (nSPS) is 11.8. The molecular formula is C14H24O4S. The van der Waals surface area contributed by atoms with Gasteiger partial charge in [0.15, 0.2) is 0 Å². The number of aryl methyl sites for hydroxylation is 1. The van der Waals surface area contributed by atoms with Gasteiger partial charge in [-0.2, -0.15) is 8.42 Å². The van der Waals surface area contributed by atoms with E-state index < -0.39 is 10.1 Å². The molecule has 1 rings (SSSR count). The van der Waals surface area contributed by atoms with Crippen LogP contribution in [-0.2, 0) is 16.5 Å². The second-order valence-corrected chi connectivity index (χ2v) is 6.52. The lowest BCUT2D eigenvalue weighted by atomic mass is 10.1. The molecule has 0 spiro atoms. The highest BCUT2D eigenvalue weighted by Gasteiger charge is 2.02. The van der Waals surface area contributed by atoms with Gasteiger partial charge in [-0.15, -0.1) is 0 Å². The first-order valence-corrected chi connectivity index (χ1v) is 8.66. The summed E-state index contributed by atoms with van der Waals surface area (Å²) in [5, 5.41) is 0. The molecule has 1 aromatic rings. The molecule has 4 nitrogen and oxygen atoms in total. The number of hydrogen-bond donors (Lipinski definition) is 1. The molecule has 0 saturated carbocycles. The van der Waals surface area contributed by atoms with Crippen LogP contribution in [0.1, 0.15) is 57.1 Å². The van der Waals surface area contributed by atoms with E-state index in [1.807, 2.05) is 12.1 Å². The van der Waals surface area contributed by atoms with Gasteiger partial charge in [0.2, 0.25) is 0 Å². The van der Waals surface area contributed by atoms with Crippen molar-refractivity contribution < 1.29 is 17.4 Å². The van der Waals surface area contributed by atoms with Gasteiger partial charge in [-0.1, -0.05) is 38.5 Å². The summed E-state index contributed by atoms with van der Waals surface area (Å²) in [6.45, 7) is 0. The van der Waals surface area contributed by atoms with Crippen LogP contribution in [0.2, 0.25) is 0 Å². The second kappa shape index (κ2) is 9.15. The Hall–Kier alpha value is -0.810. The van der Waals surface area contributed by atoms with Crippen LogP contribution in [0.4, 0.5) is 0 Å². The van der Waals surface area contributed by atoms with Crippen molar-refractivity contribution in [2.24, 2.45) is 0 Å². The van der Waals surface area contributed by atoms with E-state index in [2.05, 4.69) is 0 Å². The van der Waals surface area contributed by atoms with Crippen LogP contribution in [0.3, 0.4) is 0 Å². The van der Waals surface area contributed by atoms with Gasteiger partial charge < -0.3 is 4.42 Å². The Balaban J connectivity index is 1.81. The molecule has 0 aliphatic rings. The van der Waals surface area contributed by atoms with E-state index in [4.69, 9.17) is 8.97 Å². The fraction of sp³-hybridized carbons (Fsp3) is 0.714. The molecule has 0 radical (unpaired) electrons. The van der Waals surface area contributed by atoms with Gasteiger partial charge in [0, 0.05) is 6.42 Å². The van der Waals surface area contributed by atoms with E-state index in [-0.39, 0.29) is 5.75 Å². The number of hydrogen-bond acceptors (Lipinski definition) is 3. The van der Waals surface area contributed by atoms with Gasteiger partial charge in [-0.25, -0.2) is 0 Å². The molecule has 5 heteroatoms. The average Bonchev–Trinajstić information content (AvgIpc) is 2.83. The van der Waals surface area contributed by atoms with Crippen molar-refractivity contribution >= 4 is 10.1 Å². The molecule has 19 heavy (non-hydrogen) atoms. The molecule has 0 fully saturated rings. The van der Waals surface area contributed by atoms with E-state index in [1.54, 1.807) is 6.26 Å². The molecule has 0 amide bonds. The molecule has 110 valence electrons. The Morgan fingerprint density at radius 1 is 0.947 bits per heavy atom. The van der Waals surface area contributed by atoms with Crippen molar-refractivity contribution in [2.45, 2.75) is 57.8 Å². The fourth-order valence-corrected chi connectivity index (χ4v) is 2.67. The maximum absolute atomic E-state index is 10.5. The molecule has 0 saturated heterocycles. The van der Waals surface area contributed by atoms with Crippen LogP contribution in [0.5, 0.6) is 0 Å². The standard InChI is InChI=1S/C14H24O4S/c15-19(16,17)13-8-6-4-2-1-3-5-7-10-14-11-9-12-18-14/h9,11-12H,1-8,10,13H2,(H,15,16,17). The van der Waals surface area contributed by atoms with Crippen LogP contribution in [0, 0.1) is 0 Å². The third-order valence-corrected chi connectivity index (χ3v) is 3.96. The monoisotopic (exact) mass is 288 g/mol. The Bertz CT molecular complexity index is 409. The largest absolute Gasteiger partial charge is 0.469 e. The molecule has 0 aromatic carbocycles. The Morgan fingerprint density at radius 2 is 1.53 bits per heavy atom. The van der Waals surface area contributed by atoms with Crippen molar-refractivity contribution in [3.05, 3.63) is 24.2 Å². The van der Waals surface area contributed by atoms with Crippen LogP contribution in [0.15, 0.2) is 22.8 Å². The first-order chi connectivity index (χ1) is 9.08. The van der Waals surface area contributed by atoms with Crippen molar-refractivity contribution in [3.8, 4) is 0 Å². The SMILES string of the molecule is O=S(=O)(O)CCCCCCCCCCc1ccco1. The van der Waals surface area contributed by atoms with Crippen LogP contribution in [0.25, 0.3) is 0 Å². The van der Waals surface area contributed by atoms with Gasteiger partial charge in [0.05, 0.1) is 12.0 Å². The third-order valence-electron chi connectivity index (χ3n) is 3.16.